The zero-order chi connectivity index (χ0) is 21.2. The van der Waals surface area contributed by atoms with Gasteiger partial charge >= 0.3 is 12.0 Å². The lowest BCUT2D eigenvalue weighted by atomic mass is 9.88. The molecule has 29 heavy (non-hydrogen) atoms. The molecule has 1 heterocycles. The first-order valence-corrected chi connectivity index (χ1v) is 9.93. The van der Waals surface area contributed by atoms with E-state index in [1.54, 1.807) is 0 Å². The van der Waals surface area contributed by atoms with Crippen LogP contribution in [-0.4, -0.2) is 36.2 Å². The van der Waals surface area contributed by atoms with E-state index in [1.807, 2.05) is 44.2 Å². The van der Waals surface area contributed by atoms with Crippen LogP contribution in [0.5, 0.6) is 0 Å². The molecule has 8 nitrogen and oxygen atoms in total. The molecule has 0 radical (unpaired) electrons. The van der Waals surface area contributed by atoms with Crippen LogP contribution in [0.25, 0.3) is 0 Å². The lowest BCUT2D eigenvalue weighted by molar-refractivity contribution is -0.142. The topological polar surface area (TPSA) is 114 Å². The van der Waals surface area contributed by atoms with E-state index in [0.717, 1.165) is 5.56 Å². The van der Waals surface area contributed by atoms with Crippen LogP contribution in [0.1, 0.15) is 45.1 Å². The number of Topliss-reactive ketones (excluding diaryl/α,β-unsaturated/α-hetero) is 2. The maximum atomic E-state index is 12.8. The molecule has 2 unspecified atom stereocenters. The highest BCUT2D eigenvalue weighted by atomic mass is 16.5. The molecule has 2 atom stereocenters. The first-order valence-electron chi connectivity index (χ1n) is 9.93. The van der Waals surface area contributed by atoms with Crippen LogP contribution in [0, 0.1) is 11.8 Å². The second-order valence-electron chi connectivity index (χ2n) is 7.64. The number of rotatable bonds is 8. The molecule has 2 rings (SSSR count). The first-order chi connectivity index (χ1) is 13.9. The molecule has 158 valence electrons. The molecular formula is C21H29N3O5. The van der Waals surface area contributed by atoms with Crippen molar-refractivity contribution in [2.24, 2.45) is 11.8 Å². The lowest BCUT2D eigenvalue weighted by Crippen LogP contribution is -2.48. The molecule has 1 saturated heterocycles. The van der Waals surface area contributed by atoms with Gasteiger partial charge in [0.25, 0.3) is 0 Å². The van der Waals surface area contributed by atoms with Gasteiger partial charge < -0.3 is 10.1 Å². The Bertz CT molecular complexity index is 720. The number of benzene rings is 1. The Kier molecular flexibility index (Phi) is 8.79. The fourth-order valence-electron chi connectivity index (χ4n) is 3.19. The Labute approximate surface area is 170 Å². The highest BCUT2D eigenvalue weighted by molar-refractivity contribution is 6.37. The number of carbonyl (C=O) groups excluding carboxylic acids is 4. The number of carbonyl (C=O) groups is 4. The van der Waals surface area contributed by atoms with Gasteiger partial charge in [-0.2, -0.15) is 0 Å². The first kappa shape index (κ1) is 22.5. The average Bonchev–Trinajstić information content (AvgIpc) is 2.69. The Morgan fingerprint density at radius 1 is 1.21 bits per heavy atom. The predicted octanol–water partition coefficient (Wildman–Crippen LogP) is 1.89. The van der Waals surface area contributed by atoms with Crippen LogP contribution in [0.2, 0.25) is 0 Å². The van der Waals surface area contributed by atoms with Gasteiger partial charge in [0.1, 0.15) is 6.61 Å². The third-order valence-corrected chi connectivity index (χ3v) is 4.70. The number of hydrogen-bond acceptors (Lipinski definition) is 6. The smallest absolute Gasteiger partial charge is 0.408 e. The number of nitrogens with one attached hydrogen (secondary N) is 3. The predicted molar refractivity (Wildman–Crippen MR) is 107 cm³/mol. The average molecular weight is 403 g/mol. The van der Waals surface area contributed by atoms with E-state index in [1.165, 1.54) is 0 Å². The molecule has 2 amide bonds. The molecule has 0 saturated carbocycles. The van der Waals surface area contributed by atoms with Gasteiger partial charge in [0.2, 0.25) is 5.78 Å². The number of amides is 2. The van der Waals surface area contributed by atoms with E-state index in [9.17, 15) is 19.2 Å². The quantitative estimate of drug-likeness (QED) is 0.571. The minimum atomic E-state index is -0.766. The third-order valence-electron chi connectivity index (χ3n) is 4.70. The summed E-state index contributed by atoms with van der Waals surface area (Å²) in [5.41, 5.74) is 5.83. The summed E-state index contributed by atoms with van der Waals surface area (Å²) in [5, 5.41) is 2.63. The molecule has 0 aromatic heterocycles. The van der Waals surface area contributed by atoms with Crippen molar-refractivity contribution in [1.82, 2.24) is 16.2 Å². The Hall–Kier alpha value is -2.74. The molecule has 1 aliphatic heterocycles. The van der Waals surface area contributed by atoms with Crippen LogP contribution in [0.15, 0.2) is 30.3 Å². The Morgan fingerprint density at radius 2 is 1.93 bits per heavy atom. The summed E-state index contributed by atoms with van der Waals surface area (Å²) in [5.74, 6) is -2.14. The van der Waals surface area contributed by atoms with Crippen molar-refractivity contribution >= 4 is 23.6 Å². The van der Waals surface area contributed by atoms with E-state index in [-0.39, 0.29) is 24.7 Å². The molecule has 3 N–H and O–H groups in total. The molecule has 1 aromatic carbocycles. The standard InChI is InChI=1S/C21H29N3O5/c1-14(2)11-17(23-21(28)29-13-15-7-4-3-5-8-15)18(25)12-16-9-6-10-22-24-20(27)19(16)26/h3-5,7-8,14,16-17,22H,6,9-13H2,1-2H3,(H,23,28)(H,24,27). The molecule has 0 aliphatic carbocycles. The second kappa shape index (κ2) is 11.3. The maximum absolute atomic E-state index is 12.8. The van der Waals surface area contributed by atoms with Crippen molar-refractivity contribution in [3.05, 3.63) is 35.9 Å². The number of alkyl carbamates (subject to hydrolysis) is 1. The van der Waals surface area contributed by atoms with Gasteiger partial charge in [0.05, 0.1) is 6.04 Å². The molecule has 1 aromatic rings. The van der Waals surface area contributed by atoms with Crippen LogP contribution >= 0.6 is 0 Å². The van der Waals surface area contributed by atoms with E-state index >= 15 is 0 Å². The van der Waals surface area contributed by atoms with Gasteiger partial charge in [-0.3, -0.25) is 19.8 Å². The highest BCUT2D eigenvalue weighted by Crippen LogP contribution is 2.18. The van der Waals surface area contributed by atoms with Gasteiger partial charge in [-0.1, -0.05) is 44.2 Å². The van der Waals surface area contributed by atoms with Crippen molar-refractivity contribution in [2.45, 2.75) is 52.2 Å². The normalized spacial score (nSPS) is 18.4. The summed E-state index contributed by atoms with van der Waals surface area (Å²) in [6.45, 7) is 4.52. The van der Waals surface area contributed by atoms with Gasteiger partial charge in [0, 0.05) is 18.9 Å². The number of hydrazine groups is 1. The fraction of sp³-hybridized carbons (Fsp3) is 0.524. The van der Waals surface area contributed by atoms with Crippen molar-refractivity contribution in [3.8, 4) is 0 Å². The molecule has 0 spiro atoms. The summed E-state index contributed by atoms with van der Waals surface area (Å²) in [4.78, 5) is 49.1. The lowest BCUT2D eigenvalue weighted by Gasteiger charge is -2.23. The van der Waals surface area contributed by atoms with Crippen LogP contribution in [-0.2, 0) is 25.7 Å². The summed E-state index contributed by atoms with van der Waals surface area (Å²) in [7, 11) is 0. The zero-order valence-electron chi connectivity index (χ0n) is 16.9. The molecular weight excluding hydrogens is 374 g/mol. The van der Waals surface area contributed by atoms with Crippen LogP contribution in [0.3, 0.4) is 0 Å². The molecule has 1 fully saturated rings. The van der Waals surface area contributed by atoms with Gasteiger partial charge in [0.15, 0.2) is 5.78 Å². The second-order valence-corrected chi connectivity index (χ2v) is 7.64. The summed E-state index contributed by atoms with van der Waals surface area (Å²) in [6.07, 6.45) is 0.763. The summed E-state index contributed by atoms with van der Waals surface area (Å²) < 4.78 is 5.21. The monoisotopic (exact) mass is 403 g/mol. The van der Waals surface area contributed by atoms with E-state index in [4.69, 9.17) is 4.74 Å². The molecule has 0 bridgehead atoms. The number of ketones is 2. The van der Waals surface area contributed by atoms with Crippen molar-refractivity contribution in [2.75, 3.05) is 6.54 Å². The van der Waals surface area contributed by atoms with Gasteiger partial charge in [-0.15, -0.1) is 0 Å². The van der Waals surface area contributed by atoms with Crippen molar-refractivity contribution in [3.63, 3.8) is 0 Å². The Balaban J connectivity index is 1.96. The summed E-state index contributed by atoms with van der Waals surface area (Å²) >= 11 is 0. The third kappa shape index (κ3) is 7.65. The van der Waals surface area contributed by atoms with Crippen molar-refractivity contribution < 1.29 is 23.9 Å². The van der Waals surface area contributed by atoms with Crippen LogP contribution < -0.4 is 16.2 Å². The Morgan fingerprint density at radius 3 is 2.62 bits per heavy atom. The molecule has 8 heteroatoms. The molecule has 1 aliphatic rings. The van der Waals surface area contributed by atoms with Gasteiger partial charge in [-0.05, 0) is 30.7 Å². The van der Waals surface area contributed by atoms with E-state index < -0.39 is 29.7 Å². The van der Waals surface area contributed by atoms with E-state index in [0.29, 0.717) is 25.8 Å². The summed E-state index contributed by atoms with van der Waals surface area (Å²) in [6, 6.07) is 8.47. The SMILES string of the molecule is CC(C)CC(NC(=O)OCc1ccccc1)C(=O)CC1CCCNNC(=O)C1=O. The van der Waals surface area contributed by atoms with Crippen molar-refractivity contribution in [1.29, 1.82) is 0 Å². The minimum Gasteiger partial charge on any atom is -0.445 e. The number of hydrogen-bond donors (Lipinski definition) is 3. The number of ether oxygens (including phenoxy) is 1. The van der Waals surface area contributed by atoms with E-state index in [2.05, 4.69) is 16.2 Å². The van der Waals surface area contributed by atoms with Crippen LogP contribution in [0.4, 0.5) is 4.79 Å². The zero-order valence-corrected chi connectivity index (χ0v) is 16.9. The highest BCUT2D eigenvalue weighted by Gasteiger charge is 2.32. The fourth-order valence-corrected chi connectivity index (χ4v) is 3.19. The maximum Gasteiger partial charge on any atom is 0.408 e. The minimum absolute atomic E-state index is 0.0807. The largest absolute Gasteiger partial charge is 0.445 e. The van der Waals surface area contributed by atoms with Gasteiger partial charge in [-0.25, -0.2) is 10.2 Å².